The summed E-state index contributed by atoms with van der Waals surface area (Å²) in [4.78, 5) is 12.3. The third-order valence-corrected chi connectivity index (χ3v) is 2.90. The Morgan fingerprint density at radius 1 is 1.24 bits per heavy atom. The molecule has 1 aromatic heterocycles. The molecule has 0 aromatic carbocycles. The molecule has 0 aliphatic carbocycles. The SMILES string of the molecule is CCn1c(C(C)C)ccc(CNC(C)C)c1=O. The van der Waals surface area contributed by atoms with E-state index < -0.39 is 0 Å². The number of hydrogen-bond acceptors (Lipinski definition) is 2. The van der Waals surface area contributed by atoms with Gasteiger partial charge in [-0.05, 0) is 18.9 Å². The molecule has 0 amide bonds. The predicted molar refractivity (Wildman–Crippen MR) is 72.4 cm³/mol. The topological polar surface area (TPSA) is 34.0 Å². The van der Waals surface area contributed by atoms with E-state index in [2.05, 4.69) is 39.1 Å². The summed E-state index contributed by atoms with van der Waals surface area (Å²) in [5.74, 6) is 0.384. The fourth-order valence-corrected chi connectivity index (χ4v) is 1.92. The molecule has 3 heteroatoms. The largest absolute Gasteiger partial charge is 0.312 e. The highest BCUT2D eigenvalue weighted by atomic mass is 16.1. The minimum atomic E-state index is 0.145. The summed E-state index contributed by atoms with van der Waals surface area (Å²) in [7, 11) is 0. The lowest BCUT2D eigenvalue weighted by atomic mass is 10.1. The minimum absolute atomic E-state index is 0.145. The van der Waals surface area contributed by atoms with Crippen molar-refractivity contribution in [3.8, 4) is 0 Å². The van der Waals surface area contributed by atoms with E-state index in [9.17, 15) is 4.79 Å². The van der Waals surface area contributed by atoms with Crippen LogP contribution in [0.2, 0.25) is 0 Å². The molecule has 0 atom stereocenters. The van der Waals surface area contributed by atoms with Crippen LogP contribution in [0, 0.1) is 0 Å². The van der Waals surface area contributed by atoms with Crippen LogP contribution in [0.15, 0.2) is 16.9 Å². The van der Waals surface area contributed by atoms with Gasteiger partial charge in [0.25, 0.3) is 5.56 Å². The highest BCUT2D eigenvalue weighted by Gasteiger charge is 2.10. The highest BCUT2D eigenvalue weighted by molar-refractivity contribution is 5.18. The summed E-state index contributed by atoms with van der Waals surface area (Å²) >= 11 is 0. The Labute approximate surface area is 104 Å². The molecule has 0 saturated carbocycles. The summed E-state index contributed by atoms with van der Waals surface area (Å²) in [6.07, 6.45) is 0. The summed E-state index contributed by atoms with van der Waals surface area (Å²) in [6, 6.07) is 4.43. The highest BCUT2D eigenvalue weighted by Crippen LogP contribution is 2.12. The first-order valence-electron chi connectivity index (χ1n) is 6.43. The Kier molecular flexibility index (Phi) is 4.94. The van der Waals surface area contributed by atoms with Crippen molar-refractivity contribution >= 4 is 0 Å². The van der Waals surface area contributed by atoms with E-state index in [1.807, 2.05) is 17.6 Å². The fraction of sp³-hybridized carbons (Fsp3) is 0.643. The van der Waals surface area contributed by atoms with E-state index in [-0.39, 0.29) is 5.56 Å². The Hall–Kier alpha value is -1.09. The van der Waals surface area contributed by atoms with Gasteiger partial charge in [-0.15, -0.1) is 0 Å². The molecule has 0 fully saturated rings. The van der Waals surface area contributed by atoms with Crippen molar-refractivity contribution in [2.45, 2.75) is 59.7 Å². The minimum Gasteiger partial charge on any atom is -0.312 e. The van der Waals surface area contributed by atoms with Crippen LogP contribution in [-0.2, 0) is 13.1 Å². The summed E-state index contributed by atoms with van der Waals surface area (Å²) in [5, 5.41) is 3.29. The van der Waals surface area contributed by atoms with E-state index >= 15 is 0 Å². The van der Waals surface area contributed by atoms with Crippen LogP contribution in [0.25, 0.3) is 0 Å². The lowest BCUT2D eigenvalue weighted by molar-refractivity contribution is 0.572. The van der Waals surface area contributed by atoms with Gasteiger partial charge in [-0.25, -0.2) is 0 Å². The second-order valence-corrected chi connectivity index (χ2v) is 5.02. The lowest BCUT2D eigenvalue weighted by Crippen LogP contribution is -2.31. The van der Waals surface area contributed by atoms with Crippen molar-refractivity contribution in [2.75, 3.05) is 0 Å². The number of nitrogens with zero attached hydrogens (tertiary/aromatic N) is 1. The van der Waals surface area contributed by atoms with E-state index in [1.54, 1.807) is 0 Å². The van der Waals surface area contributed by atoms with Crippen molar-refractivity contribution in [1.82, 2.24) is 9.88 Å². The van der Waals surface area contributed by atoms with Crippen LogP contribution in [0.1, 0.15) is 51.8 Å². The number of rotatable bonds is 5. The van der Waals surface area contributed by atoms with Gasteiger partial charge >= 0.3 is 0 Å². The maximum Gasteiger partial charge on any atom is 0.255 e. The second-order valence-electron chi connectivity index (χ2n) is 5.02. The van der Waals surface area contributed by atoms with Gasteiger partial charge in [0.1, 0.15) is 0 Å². The molecule has 1 aromatic rings. The molecule has 0 bridgehead atoms. The normalized spacial score (nSPS) is 11.5. The molecule has 17 heavy (non-hydrogen) atoms. The molecule has 0 aliphatic rings. The first kappa shape index (κ1) is 14.0. The van der Waals surface area contributed by atoms with Crippen LogP contribution in [0.4, 0.5) is 0 Å². The molecule has 0 radical (unpaired) electrons. The molecular weight excluding hydrogens is 212 g/mol. The van der Waals surface area contributed by atoms with Crippen LogP contribution in [0.5, 0.6) is 0 Å². The average molecular weight is 236 g/mol. The van der Waals surface area contributed by atoms with Crippen molar-refractivity contribution in [3.05, 3.63) is 33.7 Å². The van der Waals surface area contributed by atoms with Gasteiger partial charge in [-0.2, -0.15) is 0 Å². The van der Waals surface area contributed by atoms with Gasteiger partial charge in [-0.3, -0.25) is 4.79 Å². The molecule has 0 spiro atoms. The zero-order valence-electron chi connectivity index (χ0n) is 11.6. The molecule has 3 nitrogen and oxygen atoms in total. The van der Waals surface area contributed by atoms with Gasteiger partial charge in [-0.1, -0.05) is 33.8 Å². The molecule has 1 rings (SSSR count). The Morgan fingerprint density at radius 2 is 1.88 bits per heavy atom. The van der Waals surface area contributed by atoms with Crippen LogP contribution < -0.4 is 10.9 Å². The van der Waals surface area contributed by atoms with E-state index in [1.165, 1.54) is 0 Å². The average Bonchev–Trinajstić information content (AvgIpc) is 2.26. The molecule has 1 N–H and O–H groups in total. The van der Waals surface area contributed by atoms with Crippen LogP contribution >= 0.6 is 0 Å². The zero-order valence-corrected chi connectivity index (χ0v) is 11.6. The molecule has 0 unspecified atom stereocenters. The van der Waals surface area contributed by atoms with Crippen LogP contribution in [0.3, 0.4) is 0 Å². The van der Waals surface area contributed by atoms with Gasteiger partial charge in [0.2, 0.25) is 0 Å². The molecular formula is C14H24N2O. The predicted octanol–water partition coefficient (Wildman–Crippen LogP) is 2.49. The smallest absolute Gasteiger partial charge is 0.255 e. The second kappa shape index (κ2) is 6.01. The first-order chi connectivity index (χ1) is 7.97. The lowest BCUT2D eigenvalue weighted by Gasteiger charge is -2.16. The summed E-state index contributed by atoms with van der Waals surface area (Å²) < 4.78 is 1.88. The summed E-state index contributed by atoms with van der Waals surface area (Å²) in [6.45, 7) is 11.8. The monoisotopic (exact) mass is 236 g/mol. The van der Waals surface area contributed by atoms with E-state index in [0.717, 1.165) is 17.8 Å². The van der Waals surface area contributed by atoms with E-state index in [0.29, 0.717) is 18.5 Å². The zero-order chi connectivity index (χ0) is 13.0. The molecule has 0 aliphatic heterocycles. The van der Waals surface area contributed by atoms with Gasteiger partial charge in [0.05, 0.1) is 0 Å². The van der Waals surface area contributed by atoms with Gasteiger partial charge in [0.15, 0.2) is 0 Å². The van der Waals surface area contributed by atoms with Gasteiger partial charge < -0.3 is 9.88 Å². The Bertz CT molecular complexity index is 419. The number of hydrogen-bond donors (Lipinski definition) is 1. The first-order valence-corrected chi connectivity index (χ1v) is 6.43. The molecule has 96 valence electrons. The molecule has 1 heterocycles. The number of nitrogens with one attached hydrogen (secondary N) is 1. The number of pyridine rings is 1. The maximum absolute atomic E-state index is 12.3. The van der Waals surface area contributed by atoms with Crippen molar-refractivity contribution in [1.29, 1.82) is 0 Å². The Balaban J connectivity index is 3.07. The third-order valence-electron chi connectivity index (χ3n) is 2.90. The third kappa shape index (κ3) is 3.43. The van der Waals surface area contributed by atoms with Crippen LogP contribution in [-0.4, -0.2) is 10.6 Å². The van der Waals surface area contributed by atoms with Crippen molar-refractivity contribution in [2.24, 2.45) is 0 Å². The summed E-state index contributed by atoms with van der Waals surface area (Å²) in [5.41, 5.74) is 2.11. The fourth-order valence-electron chi connectivity index (χ4n) is 1.92. The Morgan fingerprint density at radius 3 is 2.35 bits per heavy atom. The van der Waals surface area contributed by atoms with Gasteiger partial charge in [0, 0.05) is 30.4 Å². The number of aromatic nitrogens is 1. The molecule has 0 saturated heterocycles. The van der Waals surface area contributed by atoms with E-state index in [4.69, 9.17) is 0 Å². The standard InChI is InChI=1S/C14H24N2O/c1-6-16-13(10(2)3)8-7-12(14(16)17)9-15-11(4)5/h7-8,10-11,15H,6,9H2,1-5H3. The van der Waals surface area contributed by atoms with Crippen molar-refractivity contribution < 1.29 is 0 Å². The van der Waals surface area contributed by atoms with Crippen molar-refractivity contribution in [3.63, 3.8) is 0 Å². The quantitative estimate of drug-likeness (QED) is 0.852. The maximum atomic E-state index is 12.3.